The van der Waals surface area contributed by atoms with E-state index in [2.05, 4.69) is 18.3 Å². The van der Waals surface area contributed by atoms with E-state index in [9.17, 15) is 9.59 Å². The summed E-state index contributed by atoms with van der Waals surface area (Å²) in [6.07, 6.45) is 3.82. The molecule has 2 unspecified atom stereocenters. The van der Waals surface area contributed by atoms with Crippen molar-refractivity contribution in [2.75, 3.05) is 0 Å². The number of carboxylic acid groups (broad SMARTS) is 1. The lowest BCUT2D eigenvalue weighted by atomic mass is 9.81. The molecule has 0 aliphatic heterocycles. The number of carbonyl (C=O) groups excluding carboxylic acids is 1. The highest BCUT2D eigenvalue weighted by Crippen LogP contribution is 2.29. The number of carboxylic acids is 1. The predicted molar refractivity (Wildman–Crippen MR) is 78.6 cm³/mol. The van der Waals surface area contributed by atoms with E-state index in [1.807, 2.05) is 6.07 Å². The summed E-state index contributed by atoms with van der Waals surface area (Å²) in [4.78, 5) is 25.6. The molecule has 0 radical (unpaired) electrons. The maximum atomic E-state index is 12.1. The van der Waals surface area contributed by atoms with Gasteiger partial charge in [-0.1, -0.05) is 13.3 Å². The van der Waals surface area contributed by atoms with Crippen LogP contribution < -0.4 is 5.32 Å². The molecule has 4 nitrogen and oxygen atoms in total. The van der Waals surface area contributed by atoms with Gasteiger partial charge in [0, 0.05) is 15.7 Å². The third-order valence-corrected chi connectivity index (χ3v) is 5.13. The molecule has 0 bridgehead atoms. The van der Waals surface area contributed by atoms with E-state index in [0.717, 1.165) is 24.1 Å². The van der Waals surface area contributed by atoms with E-state index in [-0.39, 0.29) is 17.7 Å². The monoisotopic (exact) mass is 295 g/mol. The SMILES string of the molecule is CCc1ccc(CNC(=O)C2CCCC(C(=O)O)C2)s1. The van der Waals surface area contributed by atoms with Crippen molar-refractivity contribution >= 4 is 23.2 Å². The van der Waals surface area contributed by atoms with Gasteiger partial charge < -0.3 is 10.4 Å². The van der Waals surface area contributed by atoms with Crippen LogP contribution in [0.3, 0.4) is 0 Å². The number of rotatable bonds is 5. The molecule has 0 saturated heterocycles. The van der Waals surface area contributed by atoms with Crippen molar-refractivity contribution in [3.63, 3.8) is 0 Å². The van der Waals surface area contributed by atoms with Crippen molar-refractivity contribution in [3.05, 3.63) is 21.9 Å². The highest BCUT2D eigenvalue weighted by molar-refractivity contribution is 7.11. The number of thiophene rings is 1. The van der Waals surface area contributed by atoms with Crippen LogP contribution in [0.4, 0.5) is 0 Å². The summed E-state index contributed by atoms with van der Waals surface area (Å²) in [7, 11) is 0. The summed E-state index contributed by atoms with van der Waals surface area (Å²) >= 11 is 1.72. The van der Waals surface area contributed by atoms with Crippen LogP contribution in [0.5, 0.6) is 0 Å². The zero-order chi connectivity index (χ0) is 14.5. The van der Waals surface area contributed by atoms with Gasteiger partial charge in [-0.3, -0.25) is 9.59 Å². The van der Waals surface area contributed by atoms with Crippen LogP contribution in [-0.2, 0) is 22.6 Å². The molecule has 0 aromatic carbocycles. The quantitative estimate of drug-likeness (QED) is 0.878. The van der Waals surface area contributed by atoms with E-state index in [4.69, 9.17) is 5.11 Å². The summed E-state index contributed by atoms with van der Waals surface area (Å²) in [5, 5.41) is 12.0. The molecule has 2 rings (SSSR count). The van der Waals surface area contributed by atoms with E-state index < -0.39 is 5.97 Å². The topological polar surface area (TPSA) is 66.4 Å². The zero-order valence-electron chi connectivity index (χ0n) is 11.7. The molecule has 1 saturated carbocycles. The molecule has 1 aromatic heterocycles. The van der Waals surface area contributed by atoms with Gasteiger partial charge in [0.2, 0.25) is 5.91 Å². The predicted octanol–water partition coefficient (Wildman–Crippen LogP) is 2.82. The number of hydrogen-bond donors (Lipinski definition) is 2. The van der Waals surface area contributed by atoms with Crippen LogP contribution in [-0.4, -0.2) is 17.0 Å². The van der Waals surface area contributed by atoms with E-state index in [0.29, 0.717) is 19.4 Å². The first kappa shape index (κ1) is 15.0. The fourth-order valence-corrected chi connectivity index (χ4v) is 3.58. The lowest BCUT2D eigenvalue weighted by Gasteiger charge is -2.25. The van der Waals surface area contributed by atoms with Gasteiger partial charge in [0.05, 0.1) is 12.5 Å². The van der Waals surface area contributed by atoms with Gasteiger partial charge in [0.1, 0.15) is 0 Å². The van der Waals surface area contributed by atoms with Gasteiger partial charge in [-0.25, -0.2) is 0 Å². The molecule has 2 atom stereocenters. The normalized spacial score (nSPS) is 22.4. The van der Waals surface area contributed by atoms with Gasteiger partial charge in [-0.05, 0) is 37.8 Å². The highest BCUT2D eigenvalue weighted by Gasteiger charge is 2.30. The standard InChI is InChI=1S/C15H21NO3S/c1-2-12-6-7-13(20-12)9-16-14(17)10-4-3-5-11(8-10)15(18)19/h6-7,10-11H,2-5,8-9H2,1H3,(H,16,17)(H,18,19). The third-order valence-electron chi connectivity index (χ3n) is 3.90. The van der Waals surface area contributed by atoms with Gasteiger partial charge >= 0.3 is 5.97 Å². The molecule has 0 spiro atoms. The molecule has 1 amide bonds. The Bertz CT molecular complexity index is 483. The smallest absolute Gasteiger partial charge is 0.306 e. The average molecular weight is 295 g/mol. The third kappa shape index (κ3) is 3.82. The van der Waals surface area contributed by atoms with Crippen LogP contribution in [0.2, 0.25) is 0 Å². The van der Waals surface area contributed by atoms with Crippen molar-refractivity contribution < 1.29 is 14.7 Å². The van der Waals surface area contributed by atoms with Crippen LogP contribution in [0, 0.1) is 11.8 Å². The maximum absolute atomic E-state index is 12.1. The fraction of sp³-hybridized carbons (Fsp3) is 0.600. The van der Waals surface area contributed by atoms with Crippen LogP contribution in [0.15, 0.2) is 12.1 Å². The number of amides is 1. The van der Waals surface area contributed by atoms with Crippen molar-refractivity contribution in [2.24, 2.45) is 11.8 Å². The van der Waals surface area contributed by atoms with Crippen molar-refractivity contribution in [2.45, 2.75) is 45.6 Å². The molecule has 1 aromatic rings. The van der Waals surface area contributed by atoms with E-state index >= 15 is 0 Å². The van der Waals surface area contributed by atoms with E-state index in [1.54, 1.807) is 11.3 Å². The Labute approximate surface area is 123 Å². The second-order valence-corrected chi connectivity index (χ2v) is 6.59. The minimum absolute atomic E-state index is 0.00222. The van der Waals surface area contributed by atoms with Crippen molar-refractivity contribution in [1.82, 2.24) is 5.32 Å². The zero-order valence-corrected chi connectivity index (χ0v) is 12.5. The molecular weight excluding hydrogens is 274 g/mol. The molecule has 110 valence electrons. The van der Waals surface area contributed by atoms with Gasteiger partial charge in [-0.2, -0.15) is 0 Å². The Balaban J connectivity index is 1.83. The van der Waals surface area contributed by atoms with Crippen molar-refractivity contribution in [3.8, 4) is 0 Å². The summed E-state index contributed by atoms with van der Waals surface area (Å²) in [6, 6.07) is 4.14. The first-order chi connectivity index (χ1) is 9.60. The summed E-state index contributed by atoms with van der Waals surface area (Å²) in [5.41, 5.74) is 0. The Morgan fingerprint density at radius 2 is 2.00 bits per heavy atom. The lowest BCUT2D eigenvalue weighted by molar-refractivity contribution is -0.144. The fourth-order valence-electron chi connectivity index (χ4n) is 2.68. The second-order valence-electron chi connectivity index (χ2n) is 5.34. The number of aliphatic carboxylic acids is 1. The first-order valence-electron chi connectivity index (χ1n) is 7.18. The summed E-state index contributed by atoms with van der Waals surface area (Å²) < 4.78 is 0. The number of hydrogen-bond acceptors (Lipinski definition) is 3. The molecule has 20 heavy (non-hydrogen) atoms. The molecule has 1 heterocycles. The van der Waals surface area contributed by atoms with Gasteiger partial charge in [0.25, 0.3) is 0 Å². The molecule has 1 aliphatic rings. The Hall–Kier alpha value is -1.36. The number of aryl methyl sites for hydroxylation is 1. The molecule has 1 aliphatic carbocycles. The largest absolute Gasteiger partial charge is 0.481 e. The van der Waals surface area contributed by atoms with Crippen LogP contribution in [0.1, 0.15) is 42.4 Å². The maximum Gasteiger partial charge on any atom is 0.306 e. The molecular formula is C15H21NO3S. The minimum Gasteiger partial charge on any atom is -0.481 e. The Kier molecular flexibility index (Phi) is 5.17. The Morgan fingerprint density at radius 3 is 2.65 bits per heavy atom. The van der Waals surface area contributed by atoms with Gasteiger partial charge in [-0.15, -0.1) is 11.3 Å². The van der Waals surface area contributed by atoms with E-state index in [1.165, 1.54) is 4.88 Å². The Morgan fingerprint density at radius 1 is 1.30 bits per heavy atom. The number of nitrogens with one attached hydrogen (secondary N) is 1. The average Bonchev–Trinajstić information content (AvgIpc) is 2.93. The summed E-state index contributed by atoms with van der Waals surface area (Å²) in [6.45, 7) is 2.67. The molecule has 2 N–H and O–H groups in total. The molecule has 5 heteroatoms. The van der Waals surface area contributed by atoms with Crippen molar-refractivity contribution in [1.29, 1.82) is 0 Å². The summed E-state index contributed by atoms with van der Waals surface area (Å²) in [5.74, 6) is -1.26. The first-order valence-corrected chi connectivity index (χ1v) is 8.00. The van der Waals surface area contributed by atoms with Gasteiger partial charge in [0.15, 0.2) is 0 Å². The second kappa shape index (κ2) is 6.88. The van der Waals surface area contributed by atoms with Crippen LogP contribution in [0.25, 0.3) is 0 Å². The molecule has 1 fully saturated rings. The number of carbonyl (C=O) groups is 2. The highest BCUT2D eigenvalue weighted by atomic mass is 32.1. The van der Waals surface area contributed by atoms with Crippen LogP contribution >= 0.6 is 11.3 Å². The minimum atomic E-state index is -0.770. The lowest BCUT2D eigenvalue weighted by Crippen LogP contribution is -2.34.